The topological polar surface area (TPSA) is 88.5 Å². The van der Waals surface area contributed by atoms with Gasteiger partial charge in [0.05, 0.1) is 16.6 Å². The van der Waals surface area contributed by atoms with Gasteiger partial charge in [-0.25, -0.2) is 0 Å². The van der Waals surface area contributed by atoms with Gasteiger partial charge >= 0.3 is 0 Å². The number of benzene rings is 2. The fourth-order valence-electron chi connectivity index (χ4n) is 4.29. The molecule has 3 amide bonds. The van der Waals surface area contributed by atoms with Gasteiger partial charge < -0.3 is 9.88 Å². The summed E-state index contributed by atoms with van der Waals surface area (Å²) in [6, 6.07) is 12.4. The third-order valence-corrected chi connectivity index (χ3v) is 5.82. The van der Waals surface area contributed by atoms with Crippen LogP contribution in [0.25, 0.3) is 17.0 Å². The molecule has 1 N–H and O–H groups in total. The molecule has 0 unspecified atom stereocenters. The Balaban J connectivity index is 1.41. The molecule has 7 heteroatoms. The molecule has 0 saturated heterocycles. The Morgan fingerprint density at radius 1 is 1.03 bits per heavy atom. The standard InChI is InChI=1S/C24H19N3O4/c1-26-23(30)18-9-8-17(13-19(18)24(26)31)25-20(28)10-7-16-12-15-5-2-4-14-6-3-11-27(21(14)15)22(16)29/h2,4-5,7-10,12-13H,3,6,11H2,1H3,(H,25,28)/b10-7+. The summed E-state index contributed by atoms with van der Waals surface area (Å²) in [5.74, 6) is -1.19. The van der Waals surface area contributed by atoms with Crippen molar-refractivity contribution >= 4 is 40.4 Å². The van der Waals surface area contributed by atoms with Crippen LogP contribution in [0.4, 0.5) is 5.69 Å². The van der Waals surface area contributed by atoms with Crippen molar-refractivity contribution in [2.45, 2.75) is 19.4 Å². The van der Waals surface area contributed by atoms with Crippen LogP contribution in [0.5, 0.6) is 0 Å². The van der Waals surface area contributed by atoms with E-state index in [0.29, 0.717) is 23.4 Å². The number of fused-ring (bicyclic) bond motifs is 1. The lowest BCUT2D eigenvalue weighted by atomic mass is 10.00. The molecular formula is C24H19N3O4. The molecule has 0 radical (unpaired) electrons. The Morgan fingerprint density at radius 3 is 2.68 bits per heavy atom. The maximum Gasteiger partial charge on any atom is 0.261 e. The van der Waals surface area contributed by atoms with Crippen LogP contribution in [-0.4, -0.2) is 34.2 Å². The molecule has 0 aliphatic carbocycles. The number of nitrogens with zero attached hydrogens (tertiary/aromatic N) is 2. The van der Waals surface area contributed by atoms with E-state index >= 15 is 0 Å². The van der Waals surface area contributed by atoms with Crippen LogP contribution in [-0.2, 0) is 17.8 Å². The Morgan fingerprint density at radius 2 is 1.84 bits per heavy atom. The van der Waals surface area contributed by atoms with Crippen LogP contribution >= 0.6 is 0 Å². The number of aryl methyl sites for hydroxylation is 2. The van der Waals surface area contributed by atoms with Crippen molar-refractivity contribution in [3.63, 3.8) is 0 Å². The molecule has 0 atom stereocenters. The van der Waals surface area contributed by atoms with E-state index in [1.165, 1.54) is 36.9 Å². The van der Waals surface area contributed by atoms with E-state index in [1.54, 1.807) is 10.6 Å². The van der Waals surface area contributed by atoms with Crippen LogP contribution in [0.1, 0.15) is 38.3 Å². The van der Waals surface area contributed by atoms with E-state index in [0.717, 1.165) is 28.6 Å². The number of hydrogen-bond acceptors (Lipinski definition) is 4. The van der Waals surface area contributed by atoms with Gasteiger partial charge in [0, 0.05) is 30.9 Å². The van der Waals surface area contributed by atoms with Gasteiger partial charge in [-0.05, 0) is 54.1 Å². The normalized spacial score (nSPS) is 15.1. The van der Waals surface area contributed by atoms with Gasteiger partial charge in [0.1, 0.15) is 0 Å². The molecule has 0 saturated carbocycles. The molecule has 2 aliphatic heterocycles. The first-order valence-electron chi connectivity index (χ1n) is 10.0. The van der Waals surface area contributed by atoms with Gasteiger partial charge in [-0.2, -0.15) is 0 Å². The summed E-state index contributed by atoms with van der Waals surface area (Å²) in [4.78, 5) is 50.5. The maximum atomic E-state index is 12.9. The smallest absolute Gasteiger partial charge is 0.261 e. The van der Waals surface area contributed by atoms with Crippen LogP contribution in [0.3, 0.4) is 0 Å². The molecule has 31 heavy (non-hydrogen) atoms. The number of para-hydroxylation sites is 1. The van der Waals surface area contributed by atoms with E-state index in [-0.39, 0.29) is 17.0 Å². The van der Waals surface area contributed by atoms with E-state index in [2.05, 4.69) is 5.32 Å². The number of nitrogens with one attached hydrogen (secondary N) is 1. The summed E-state index contributed by atoms with van der Waals surface area (Å²) in [6.45, 7) is 0.663. The first kappa shape index (κ1) is 19.0. The van der Waals surface area contributed by atoms with Gasteiger partial charge in [0.2, 0.25) is 5.91 Å². The molecule has 0 bridgehead atoms. The van der Waals surface area contributed by atoms with E-state index in [1.807, 2.05) is 24.3 Å². The summed E-state index contributed by atoms with van der Waals surface area (Å²) in [5.41, 5.74) is 3.45. The number of carbonyl (C=O) groups is 3. The number of hydrogen-bond donors (Lipinski definition) is 1. The molecule has 7 nitrogen and oxygen atoms in total. The average molecular weight is 413 g/mol. The molecular weight excluding hydrogens is 394 g/mol. The zero-order valence-corrected chi connectivity index (χ0v) is 16.8. The second-order valence-corrected chi connectivity index (χ2v) is 7.77. The molecule has 0 fully saturated rings. The lowest BCUT2D eigenvalue weighted by molar-refractivity contribution is -0.111. The predicted molar refractivity (Wildman–Crippen MR) is 117 cm³/mol. The fraction of sp³-hybridized carbons (Fsp3) is 0.167. The molecule has 3 heterocycles. The molecule has 0 spiro atoms. The SMILES string of the molecule is CN1C(=O)c2ccc(NC(=O)/C=C/c3cc4cccc5c4n(c3=O)CCC5)cc2C1=O. The van der Waals surface area contributed by atoms with Crippen molar-refractivity contribution in [1.29, 1.82) is 0 Å². The summed E-state index contributed by atoms with van der Waals surface area (Å²) in [7, 11) is 1.42. The highest BCUT2D eigenvalue weighted by atomic mass is 16.2. The molecule has 154 valence electrons. The molecule has 2 aliphatic rings. The fourth-order valence-corrected chi connectivity index (χ4v) is 4.29. The predicted octanol–water partition coefficient (Wildman–Crippen LogP) is 2.83. The first-order valence-corrected chi connectivity index (χ1v) is 10.0. The minimum atomic E-state index is -0.433. The molecule has 3 aromatic rings. The van der Waals surface area contributed by atoms with Gasteiger partial charge in [0.25, 0.3) is 17.4 Å². The van der Waals surface area contributed by atoms with Gasteiger partial charge in [-0.3, -0.25) is 24.1 Å². The molecule has 5 rings (SSSR count). The Bertz CT molecular complexity index is 1380. The number of aromatic nitrogens is 1. The zero-order chi connectivity index (χ0) is 21.7. The highest BCUT2D eigenvalue weighted by Crippen LogP contribution is 2.26. The number of carbonyl (C=O) groups excluding carboxylic acids is 3. The summed E-state index contributed by atoms with van der Waals surface area (Å²) in [5, 5.41) is 3.66. The lowest BCUT2D eigenvalue weighted by Gasteiger charge is -2.19. The molecule has 2 aromatic carbocycles. The first-order chi connectivity index (χ1) is 14.9. The Hall–Kier alpha value is -4.00. The lowest BCUT2D eigenvalue weighted by Crippen LogP contribution is -2.26. The minimum Gasteiger partial charge on any atom is -0.322 e. The number of rotatable bonds is 3. The van der Waals surface area contributed by atoms with Crippen molar-refractivity contribution in [3.05, 3.63) is 81.1 Å². The zero-order valence-electron chi connectivity index (χ0n) is 16.8. The molecule has 1 aromatic heterocycles. The minimum absolute atomic E-state index is 0.117. The van der Waals surface area contributed by atoms with E-state index in [4.69, 9.17) is 0 Å². The highest BCUT2D eigenvalue weighted by Gasteiger charge is 2.32. The van der Waals surface area contributed by atoms with Crippen LogP contribution in [0.2, 0.25) is 0 Å². The number of anilines is 1. The van der Waals surface area contributed by atoms with Gasteiger partial charge in [-0.1, -0.05) is 18.2 Å². The maximum absolute atomic E-state index is 12.9. The Labute approximate surface area is 177 Å². The summed E-state index contributed by atoms with van der Waals surface area (Å²) in [6.07, 6.45) is 4.68. The van der Waals surface area contributed by atoms with Crippen LogP contribution < -0.4 is 10.9 Å². The van der Waals surface area contributed by atoms with Crippen LogP contribution in [0.15, 0.2) is 53.3 Å². The summed E-state index contributed by atoms with van der Waals surface area (Å²) >= 11 is 0. The second kappa shape index (κ2) is 7.05. The van der Waals surface area contributed by atoms with Crippen molar-refractivity contribution in [2.24, 2.45) is 0 Å². The number of amides is 3. The third kappa shape index (κ3) is 3.06. The Kier molecular flexibility index (Phi) is 4.32. The monoisotopic (exact) mass is 413 g/mol. The largest absolute Gasteiger partial charge is 0.322 e. The van der Waals surface area contributed by atoms with E-state index in [9.17, 15) is 19.2 Å². The van der Waals surface area contributed by atoms with Gasteiger partial charge in [-0.15, -0.1) is 0 Å². The second-order valence-electron chi connectivity index (χ2n) is 7.77. The van der Waals surface area contributed by atoms with Crippen molar-refractivity contribution in [2.75, 3.05) is 12.4 Å². The highest BCUT2D eigenvalue weighted by molar-refractivity contribution is 6.21. The number of imide groups is 1. The van der Waals surface area contributed by atoms with E-state index < -0.39 is 11.8 Å². The van der Waals surface area contributed by atoms with Crippen molar-refractivity contribution in [3.8, 4) is 0 Å². The summed E-state index contributed by atoms with van der Waals surface area (Å²) < 4.78 is 1.78. The number of pyridine rings is 1. The van der Waals surface area contributed by atoms with Crippen molar-refractivity contribution < 1.29 is 14.4 Å². The van der Waals surface area contributed by atoms with Gasteiger partial charge in [0.15, 0.2) is 0 Å². The van der Waals surface area contributed by atoms with Crippen molar-refractivity contribution in [1.82, 2.24) is 9.47 Å². The third-order valence-electron chi connectivity index (χ3n) is 5.82. The quantitative estimate of drug-likeness (QED) is 0.528. The average Bonchev–Trinajstić information content (AvgIpc) is 2.99. The van der Waals surface area contributed by atoms with Crippen LogP contribution in [0, 0.1) is 0 Å².